The smallest absolute Gasteiger partial charge is 0.237 e. The van der Waals surface area contributed by atoms with E-state index in [2.05, 4.69) is 20.8 Å². The van der Waals surface area contributed by atoms with Crippen molar-refractivity contribution in [3.05, 3.63) is 47.7 Å². The van der Waals surface area contributed by atoms with Crippen LogP contribution in [0.25, 0.3) is 0 Å². The van der Waals surface area contributed by atoms with Crippen molar-refractivity contribution in [3.63, 3.8) is 0 Å². The van der Waals surface area contributed by atoms with Gasteiger partial charge in [0.15, 0.2) is 0 Å². The van der Waals surface area contributed by atoms with Gasteiger partial charge in [0, 0.05) is 41.7 Å². The van der Waals surface area contributed by atoms with Crippen LogP contribution in [0.15, 0.2) is 47.7 Å². The highest BCUT2D eigenvalue weighted by Crippen LogP contribution is 2.49. The van der Waals surface area contributed by atoms with Gasteiger partial charge in [-0.1, -0.05) is 78.2 Å². The SMILES string of the molecule is CC(=O)N(C(=O)C1CCC2C(=O)N(C3CCCCC(C(C)(C)C)CCC3)C(=O)C2C1)C(C)(C)C(C)(C)C1=C/C=C\C(N2C(=O)C3CC4CC(CC3C2=O)C(=O)N(C(C)(C)C)C4=O)=C/C=C1. The second-order valence-corrected chi connectivity index (χ2v) is 23.5. The van der Waals surface area contributed by atoms with Crippen molar-refractivity contribution in [2.24, 2.45) is 58.2 Å². The maximum atomic E-state index is 14.7. The topological polar surface area (TPSA) is 150 Å². The number of allylic oxidation sites excluding steroid dienone is 6. The molecule has 3 heterocycles. The number of nitrogens with zero attached hydrogens (tertiary/aromatic N) is 4. The summed E-state index contributed by atoms with van der Waals surface area (Å²) < 4.78 is 0. The first-order valence-corrected chi connectivity index (χ1v) is 24.5. The second kappa shape index (κ2) is 17.6. The number of fused-ring (bicyclic) bond motifs is 4. The summed E-state index contributed by atoms with van der Waals surface area (Å²) in [5, 5.41) is 0. The van der Waals surface area contributed by atoms with E-state index in [0.717, 1.165) is 50.5 Å². The van der Waals surface area contributed by atoms with Crippen LogP contribution in [0.3, 0.4) is 0 Å². The van der Waals surface area contributed by atoms with Gasteiger partial charge in [0.05, 0.1) is 34.9 Å². The molecule has 0 spiro atoms. The fourth-order valence-electron chi connectivity index (χ4n) is 12.6. The van der Waals surface area contributed by atoms with Crippen LogP contribution in [0.5, 0.6) is 0 Å². The lowest BCUT2D eigenvalue weighted by Crippen LogP contribution is -2.60. The zero-order chi connectivity index (χ0) is 47.7. The molecule has 3 saturated heterocycles. The first-order valence-electron chi connectivity index (χ1n) is 24.5. The molecule has 65 heavy (non-hydrogen) atoms. The number of imide groups is 4. The molecule has 3 saturated carbocycles. The normalized spacial score (nSPS) is 33.2. The Morgan fingerprint density at radius 1 is 0.585 bits per heavy atom. The number of hydrogen-bond acceptors (Lipinski definition) is 8. The van der Waals surface area contributed by atoms with Gasteiger partial charge in [0.1, 0.15) is 0 Å². The van der Waals surface area contributed by atoms with Crippen molar-refractivity contribution in [2.75, 3.05) is 0 Å². The van der Waals surface area contributed by atoms with Crippen molar-refractivity contribution in [1.82, 2.24) is 19.6 Å². The molecular weight excluding hydrogens is 821 g/mol. The second-order valence-electron chi connectivity index (χ2n) is 23.5. The highest BCUT2D eigenvalue weighted by Gasteiger charge is 2.58. The van der Waals surface area contributed by atoms with E-state index in [0.29, 0.717) is 30.9 Å². The number of carbonyl (C=O) groups excluding carboxylic acids is 8. The molecule has 6 fully saturated rings. The summed E-state index contributed by atoms with van der Waals surface area (Å²) in [5.74, 6) is -5.65. The van der Waals surface area contributed by atoms with Gasteiger partial charge in [0.25, 0.3) is 0 Å². The van der Waals surface area contributed by atoms with Crippen molar-refractivity contribution < 1.29 is 38.4 Å². The third-order valence-electron chi connectivity index (χ3n) is 17.0. The Balaban J connectivity index is 1.03. The summed E-state index contributed by atoms with van der Waals surface area (Å²) in [7, 11) is 0. The largest absolute Gasteiger partial charge is 0.279 e. The van der Waals surface area contributed by atoms with E-state index in [9.17, 15) is 38.4 Å². The molecule has 9 atom stereocenters. The predicted octanol–water partition coefficient (Wildman–Crippen LogP) is 8.46. The predicted molar refractivity (Wildman–Crippen MR) is 246 cm³/mol. The summed E-state index contributed by atoms with van der Waals surface area (Å²) in [6.45, 7) is 21.5. The third-order valence-corrected chi connectivity index (χ3v) is 17.0. The minimum absolute atomic E-state index is 0.0871. The molecule has 12 heteroatoms. The van der Waals surface area contributed by atoms with E-state index >= 15 is 0 Å². The molecule has 7 aliphatic rings. The van der Waals surface area contributed by atoms with E-state index in [4.69, 9.17) is 0 Å². The number of rotatable bonds is 6. The molecule has 2 bridgehead atoms. The first kappa shape index (κ1) is 48.5. The van der Waals surface area contributed by atoms with Crippen molar-refractivity contribution in [1.29, 1.82) is 0 Å². The number of amides is 8. The maximum absolute atomic E-state index is 14.7. The summed E-state index contributed by atoms with van der Waals surface area (Å²) >= 11 is 0. The monoisotopic (exact) mass is 895 g/mol. The van der Waals surface area contributed by atoms with Gasteiger partial charge in [-0.2, -0.15) is 0 Å². The van der Waals surface area contributed by atoms with Gasteiger partial charge in [-0.3, -0.25) is 58.0 Å². The van der Waals surface area contributed by atoms with Crippen molar-refractivity contribution in [2.45, 2.75) is 177 Å². The van der Waals surface area contributed by atoms with Crippen LogP contribution in [0.4, 0.5) is 0 Å². The maximum Gasteiger partial charge on any atom is 0.237 e. The summed E-state index contributed by atoms with van der Waals surface area (Å²) in [4.78, 5) is 117. The van der Waals surface area contributed by atoms with Gasteiger partial charge in [-0.15, -0.1) is 0 Å². The summed E-state index contributed by atoms with van der Waals surface area (Å²) in [6, 6.07) is -0.115. The molecule has 8 amide bonds. The molecule has 0 aromatic rings. The lowest BCUT2D eigenvalue weighted by atomic mass is 9.67. The fourth-order valence-corrected chi connectivity index (χ4v) is 12.6. The Morgan fingerprint density at radius 3 is 1.71 bits per heavy atom. The molecule has 4 aliphatic carbocycles. The van der Waals surface area contributed by atoms with Crippen LogP contribution < -0.4 is 0 Å². The van der Waals surface area contributed by atoms with Gasteiger partial charge in [-0.25, -0.2) is 0 Å². The third kappa shape index (κ3) is 8.69. The van der Waals surface area contributed by atoms with E-state index in [1.165, 1.54) is 21.6 Å². The first-order chi connectivity index (χ1) is 30.3. The Hall–Kier alpha value is -4.48. The average Bonchev–Trinajstić information content (AvgIpc) is 3.53. The average molecular weight is 895 g/mol. The molecular formula is C53H74N4O8. The van der Waals surface area contributed by atoms with E-state index in [1.807, 2.05) is 60.6 Å². The Kier molecular flexibility index (Phi) is 13.1. The number of piperidine rings is 1. The van der Waals surface area contributed by atoms with E-state index in [1.54, 1.807) is 29.2 Å². The Morgan fingerprint density at radius 2 is 1.12 bits per heavy atom. The van der Waals surface area contributed by atoms with Crippen molar-refractivity contribution >= 4 is 47.3 Å². The van der Waals surface area contributed by atoms with Crippen LogP contribution in [0.1, 0.15) is 160 Å². The van der Waals surface area contributed by atoms with Crippen LogP contribution in [-0.2, 0) is 38.4 Å². The van der Waals surface area contributed by atoms with Crippen LogP contribution in [0.2, 0.25) is 0 Å². The highest BCUT2D eigenvalue weighted by atomic mass is 16.2. The van der Waals surface area contributed by atoms with Crippen molar-refractivity contribution in [3.8, 4) is 0 Å². The molecule has 3 aliphatic heterocycles. The minimum atomic E-state index is -1.06. The zero-order valence-corrected chi connectivity index (χ0v) is 40.9. The summed E-state index contributed by atoms with van der Waals surface area (Å²) in [5.41, 5.74) is -1.18. The van der Waals surface area contributed by atoms with Crippen LogP contribution in [-0.4, -0.2) is 84.0 Å². The number of likely N-dealkylation sites (tertiary alicyclic amines) is 3. The molecule has 0 aromatic carbocycles. The molecule has 0 aromatic heterocycles. The zero-order valence-electron chi connectivity index (χ0n) is 40.9. The minimum Gasteiger partial charge on any atom is -0.279 e. The number of carbonyl (C=O) groups is 8. The molecule has 354 valence electrons. The molecule has 9 unspecified atom stereocenters. The van der Waals surface area contributed by atoms with Gasteiger partial charge in [0.2, 0.25) is 47.3 Å². The quantitative estimate of drug-likeness (QED) is 0.241. The highest BCUT2D eigenvalue weighted by molar-refractivity contribution is 6.09. The fraction of sp³-hybridized carbons (Fsp3) is 0.698. The van der Waals surface area contributed by atoms with Crippen LogP contribution in [0, 0.1) is 58.2 Å². The van der Waals surface area contributed by atoms with E-state index in [-0.39, 0.29) is 72.1 Å². The Bertz CT molecular complexity index is 2100. The van der Waals surface area contributed by atoms with Crippen LogP contribution >= 0.6 is 0 Å². The van der Waals surface area contributed by atoms with Gasteiger partial charge < -0.3 is 0 Å². The Labute approximate surface area is 386 Å². The van der Waals surface area contributed by atoms with Gasteiger partial charge in [-0.05, 0) is 128 Å². The molecule has 12 nitrogen and oxygen atoms in total. The lowest BCUT2D eigenvalue weighted by molar-refractivity contribution is -0.162. The molecule has 7 rings (SSSR count). The standard InChI is InChI=1S/C53H74N4O8/c1-31(58)56(43(59)32-25-26-39-40(28-32)47(63)54(46(39)62)37-21-13-12-17-35(18-14-22-37)50(2,3)4)53(10,11)52(8,9)36-19-15-23-38(24-16-20-36)55-48(64)41-29-33-27-34(30-42(41)49(55)65)45(61)57(44(33)60)51(5,6)7/h15-16,19-20,23-24,32-35,37,39-42H,12-14,17-18,21-22,25-30H2,1-11H3/b19-15?,20-16?,23-15-,24-16?,36-19?,36-20?,38-23?,38-24+. The molecule has 0 radical (unpaired) electrons. The summed E-state index contributed by atoms with van der Waals surface area (Å²) in [6.07, 6.45) is 19.4. The van der Waals surface area contributed by atoms with E-state index < -0.39 is 63.8 Å². The molecule has 0 N–H and O–H groups in total. The lowest BCUT2D eigenvalue weighted by Gasteiger charge is -2.50. The number of hydrogen-bond donors (Lipinski definition) is 0. The van der Waals surface area contributed by atoms with Gasteiger partial charge >= 0.3 is 0 Å².